The first-order chi connectivity index (χ1) is 21.8. The van der Waals surface area contributed by atoms with Crippen LogP contribution in [-0.4, -0.2) is 9.97 Å². The van der Waals surface area contributed by atoms with Crippen LogP contribution in [0.1, 0.15) is 0 Å². The molecule has 0 N–H and O–H groups in total. The third-order valence-electron chi connectivity index (χ3n) is 8.36. The van der Waals surface area contributed by atoms with Gasteiger partial charge in [-0.25, -0.2) is 9.97 Å². The van der Waals surface area contributed by atoms with E-state index in [9.17, 15) is 0 Å². The molecular weight excluding hydrogens is 540 g/mol. The average molecular weight is 565 g/mol. The van der Waals surface area contributed by atoms with Gasteiger partial charge in [0.2, 0.25) is 11.8 Å². The fourth-order valence-corrected chi connectivity index (χ4v) is 6.30. The van der Waals surface area contributed by atoms with Crippen LogP contribution in [0.4, 0.5) is 0 Å². The van der Waals surface area contributed by atoms with Crippen molar-refractivity contribution >= 4 is 43.7 Å². The molecule has 4 heteroatoms. The minimum atomic E-state index is 0.629. The van der Waals surface area contributed by atoms with E-state index in [1.54, 1.807) is 0 Å². The highest BCUT2D eigenvalue weighted by atomic mass is 16.4. The monoisotopic (exact) mass is 564 g/mol. The van der Waals surface area contributed by atoms with E-state index in [0.29, 0.717) is 11.8 Å². The zero-order valence-electron chi connectivity index (χ0n) is 23.6. The lowest BCUT2D eigenvalue weighted by Gasteiger charge is -2.18. The largest absolute Gasteiger partial charge is 0.436 e. The van der Waals surface area contributed by atoms with Gasteiger partial charge in [-0.05, 0) is 92.3 Å². The number of rotatable bonds is 4. The average Bonchev–Trinajstić information content (AvgIpc) is 3.72. The second-order valence-electron chi connectivity index (χ2n) is 11.0. The minimum Gasteiger partial charge on any atom is -0.436 e. The molecule has 44 heavy (non-hydrogen) atoms. The maximum atomic E-state index is 6.04. The topological polar surface area (TPSA) is 52.1 Å². The fourth-order valence-electron chi connectivity index (χ4n) is 6.30. The highest BCUT2D eigenvalue weighted by molar-refractivity contribution is 6.21. The zero-order valence-corrected chi connectivity index (χ0v) is 23.6. The van der Waals surface area contributed by atoms with E-state index in [0.717, 1.165) is 44.5 Å². The Balaban J connectivity index is 1.18. The Labute approximate surface area is 252 Å². The second kappa shape index (κ2) is 9.79. The molecule has 0 saturated heterocycles. The van der Waals surface area contributed by atoms with Crippen LogP contribution in [-0.2, 0) is 0 Å². The lowest BCUT2D eigenvalue weighted by molar-refractivity contribution is 0.619. The summed E-state index contributed by atoms with van der Waals surface area (Å²) >= 11 is 0. The highest BCUT2D eigenvalue weighted by Crippen LogP contribution is 2.44. The predicted molar refractivity (Wildman–Crippen MR) is 178 cm³/mol. The maximum Gasteiger partial charge on any atom is 0.227 e. The molecule has 0 amide bonds. The van der Waals surface area contributed by atoms with Gasteiger partial charge < -0.3 is 8.83 Å². The molecule has 0 bridgehead atoms. The molecule has 0 atom stereocenters. The molecule has 0 radical (unpaired) electrons. The van der Waals surface area contributed by atoms with Crippen molar-refractivity contribution in [1.82, 2.24) is 9.97 Å². The Hall–Kier alpha value is -6.00. The van der Waals surface area contributed by atoms with E-state index < -0.39 is 0 Å². The van der Waals surface area contributed by atoms with Crippen LogP contribution in [0.25, 0.3) is 88.9 Å². The van der Waals surface area contributed by atoms with Gasteiger partial charge in [-0.1, -0.05) is 97.1 Å². The van der Waals surface area contributed by atoms with Crippen molar-refractivity contribution in [3.05, 3.63) is 146 Å². The van der Waals surface area contributed by atoms with Crippen molar-refractivity contribution in [3.8, 4) is 45.2 Å². The lowest BCUT2D eigenvalue weighted by Crippen LogP contribution is -1.91. The summed E-state index contributed by atoms with van der Waals surface area (Å²) in [5, 5.41) is 4.83. The summed E-state index contributed by atoms with van der Waals surface area (Å²) in [6, 6.07) is 50.2. The van der Waals surface area contributed by atoms with Gasteiger partial charge in [-0.3, -0.25) is 0 Å². The Morgan fingerprint density at radius 3 is 1.00 bits per heavy atom. The molecule has 0 spiro atoms. The first-order valence-corrected chi connectivity index (χ1v) is 14.7. The summed E-state index contributed by atoms with van der Waals surface area (Å²) < 4.78 is 12.1. The number of hydrogen-bond donors (Lipinski definition) is 0. The van der Waals surface area contributed by atoms with Crippen LogP contribution in [0, 0.1) is 0 Å². The van der Waals surface area contributed by atoms with Crippen molar-refractivity contribution < 1.29 is 8.83 Å². The molecular formula is C40H24N2O2. The third-order valence-corrected chi connectivity index (χ3v) is 8.36. The smallest absolute Gasteiger partial charge is 0.227 e. The molecule has 0 fully saturated rings. The van der Waals surface area contributed by atoms with Gasteiger partial charge in [-0.15, -0.1) is 0 Å². The summed E-state index contributed by atoms with van der Waals surface area (Å²) in [4.78, 5) is 9.38. The number of benzene rings is 7. The number of fused-ring (bicyclic) bond motifs is 4. The molecule has 9 rings (SSSR count). The van der Waals surface area contributed by atoms with Crippen LogP contribution in [0.15, 0.2) is 154 Å². The summed E-state index contributed by atoms with van der Waals surface area (Å²) in [5.41, 5.74) is 9.94. The van der Waals surface area contributed by atoms with Gasteiger partial charge in [0, 0.05) is 11.1 Å². The summed E-state index contributed by atoms with van der Waals surface area (Å²) in [7, 11) is 0. The maximum absolute atomic E-state index is 6.04. The van der Waals surface area contributed by atoms with Crippen molar-refractivity contribution in [3.63, 3.8) is 0 Å². The molecule has 206 valence electrons. The molecule has 0 aliphatic carbocycles. The van der Waals surface area contributed by atoms with Gasteiger partial charge in [0.05, 0.1) is 0 Å². The molecule has 2 aromatic heterocycles. The molecule has 0 unspecified atom stereocenters. The molecule has 0 saturated carbocycles. The number of hydrogen-bond acceptors (Lipinski definition) is 4. The predicted octanol–water partition coefficient (Wildman–Crippen LogP) is 10.9. The first kappa shape index (κ1) is 24.6. The van der Waals surface area contributed by atoms with Gasteiger partial charge in [0.25, 0.3) is 0 Å². The van der Waals surface area contributed by atoms with Crippen molar-refractivity contribution in [2.45, 2.75) is 0 Å². The van der Waals surface area contributed by atoms with Crippen LogP contribution in [0.3, 0.4) is 0 Å². The number of nitrogens with zero attached hydrogens (tertiary/aromatic N) is 2. The summed E-state index contributed by atoms with van der Waals surface area (Å²) in [6.07, 6.45) is 0. The Bertz CT molecular complexity index is 2190. The minimum absolute atomic E-state index is 0.629. The van der Waals surface area contributed by atoms with E-state index in [-0.39, 0.29) is 0 Å². The molecule has 7 aromatic carbocycles. The lowest BCUT2D eigenvalue weighted by atomic mass is 9.85. The van der Waals surface area contributed by atoms with Gasteiger partial charge >= 0.3 is 0 Å². The van der Waals surface area contributed by atoms with Crippen LogP contribution in [0.2, 0.25) is 0 Å². The third kappa shape index (κ3) is 3.92. The van der Waals surface area contributed by atoms with E-state index in [2.05, 4.69) is 97.1 Å². The SMILES string of the molecule is c1ccc2oc(-c3ccc(-c4c5ccccc5c(-c5ccc(-c6nc7ccccc7o6)cc5)c5ccccc45)cc3)nc2c1. The Kier molecular flexibility index (Phi) is 5.47. The quantitative estimate of drug-likeness (QED) is 0.200. The van der Waals surface area contributed by atoms with Crippen LogP contribution < -0.4 is 0 Å². The Morgan fingerprint density at radius 2 is 0.636 bits per heavy atom. The van der Waals surface area contributed by atoms with Gasteiger partial charge in [0.15, 0.2) is 11.2 Å². The normalized spacial score (nSPS) is 11.6. The summed E-state index contributed by atoms with van der Waals surface area (Å²) in [5.74, 6) is 1.26. The number of aromatic nitrogens is 2. The van der Waals surface area contributed by atoms with E-state index in [1.807, 2.05) is 48.5 Å². The van der Waals surface area contributed by atoms with Crippen LogP contribution in [0.5, 0.6) is 0 Å². The van der Waals surface area contributed by atoms with Crippen molar-refractivity contribution in [2.24, 2.45) is 0 Å². The first-order valence-electron chi connectivity index (χ1n) is 14.7. The van der Waals surface area contributed by atoms with Crippen molar-refractivity contribution in [1.29, 1.82) is 0 Å². The number of oxazole rings is 2. The molecule has 9 aromatic rings. The second-order valence-corrected chi connectivity index (χ2v) is 11.0. The zero-order chi connectivity index (χ0) is 29.0. The molecule has 2 heterocycles. The molecule has 0 aliphatic rings. The fraction of sp³-hybridized carbons (Fsp3) is 0. The van der Waals surface area contributed by atoms with Gasteiger partial charge in [0.1, 0.15) is 11.0 Å². The highest BCUT2D eigenvalue weighted by Gasteiger charge is 2.17. The van der Waals surface area contributed by atoms with E-state index in [4.69, 9.17) is 18.8 Å². The summed E-state index contributed by atoms with van der Waals surface area (Å²) in [6.45, 7) is 0. The number of para-hydroxylation sites is 4. The van der Waals surface area contributed by atoms with Crippen LogP contribution >= 0.6 is 0 Å². The van der Waals surface area contributed by atoms with Crippen molar-refractivity contribution in [2.75, 3.05) is 0 Å². The Morgan fingerprint density at radius 1 is 0.318 bits per heavy atom. The molecule has 0 aliphatic heterocycles. The van der Waals surface area contributed by atoms with E-state index >= 15 is 0 Å². The standard InChI is InChI=1S/C40H24N2O2/c1-2-10-30-29(9-1)37(25-17-21-27(22-18-25)39-41-33-13-5-7-15-35(33)43-39)31-11-3-4-12-32(31)38(30)26-19-23-28(24-20-26)40-42-34-14-6-8-16-36(34)44-40/h1-24H. The van der Waals surface area contributed by atoms with Gasteiger partial charge in [-0.2, -0.15) is 0 Å². The molecule has 4 nitrogen and oxygen atoms in total. The van der Waals surface area contributed by atoms with E-state index in [1.165, 1.54) is 32.7 Å².